The minimum absolute atomic E-state index is 0.0301. The summed E-state index contributed by atoms with van der Waals surface area (Å²) in [5.41, 5.74) is 0. The number of rotatable bonds is 2. The van der Waals surface area contributed by atoms with E-state index in [0.29, 0.717) is 6.33 Å². The monoisotopic (exact) mass is 167 g/mol. The van der Waals surface area contributed by atoms with E-state index in [-0.39, 0.29) is 4.57 Å². The van der Waals surface area contributed by atoms with Crippen molar-refractivity contribution in [2.45, 2.75) is 6.05 Å². The molecule has 0 N–H and O–H groups in total. The molecule has 0 atom stereocenters. The molecule has 6 heteroatoms. The number of hydrogen-bond donors (Lipinski definition) is 0. The molecule has 2 nitrogen and oxygen atoms in total. The predicted molar refractivity (Wildman–Crippen MR) is 27.9 cm³/mol. The van der Waals surface area contributed by atoms with Crippen LogP contribution in [0.2, 0.25) is 0 Å². The third-order valence-corrected chi connectivity index (χ3v) is 1.06. The lowest BCUT2D eigenvalue weighted by Crippen LogP contribution is -2.24. The Bertz CT molecular complexity index is 218. The topological polar surface area (TPSA) is 17.8 Å². The fourth-order valence-electron chi connectivity index (χ4n) is 0.523. The summed E-state index contributed by atoms with van der Waals surface area (Å²) in [6.07, 6.45) is -0.565. The van der Waals surface area contributed by atoms with Gasteiger partial charge in [-0.15, -0.1) is 0 Å². The van der Waals surface area contributed by atoms with Gasteiger partial charge in [-0.1, -0.05) is 0 Å². The van der Waals surface area contributed by atoms with Crippen molar-refractivity contribution in [3.63, 3.8) is 0 Å². The summed E-state index contributed by atoms with van der Waals surface area (Å²) in [5, 5.41) is 0. The fourth-order valence-corrected chi connectivity index (χ4v) is 0.523. The molecule has 0 fully saturated rings. The summed E-state index contributed by atoms with van der Waals surface area (Å²) >= 11 is 0. The van der Waals surface area contributed by atoms with E-state index >= 15 is 0 Å². The van der Waals surface area contributed by atoms with Crippen LogP contribution in [-0.4, -0.2) is 9.55 Å². The van der Waals surface area contributed by atoms with Crippen LogP contribution in [0, 0.1) is 6.43 Å². The molecule has 0 aliphatic rings. The van der Waals surface area contributed by atoms with Crippen LogP contribution in [0.5, 0.6) is 0 Å². The third kappa shape index (κ3) is 1.33. The van der Waals surface area contributed by atoms with E-state index in [1.807, 2.05) is 0 Å². The van der Waals surface area contributed by atoms with Crippen LogP contribution >= 0.6 is 0 Å². The van der Waals surface area contributed by atoms with Gasteiger partial charge in [0.15, 0.2) is 0 Å². The Kier molecular flexibility index (Phi) is 1.84. The van der Waals surface area contributed by atoms with Crippen LogP contribution in [0.1, 0.15) is 0 Å². The molecule has 0 amide bonds. The highest BCUT2D eigenvalue weighted by molar-refractivity contribution is 4.86. The van der Waals surface area contributed by atoms with E-state index < -0.39 is 12.5 Å². The second-order valence-electron chi connectivity index (χ2n) is 1.77. The van der Waals surface area contributed by atoms with Gasteiger partial charge < -0.3 is 0 Å². The van der Waals surface area contributed by atoms with E-state index in [4.69, 9.17) is 0 Å². The van der Waals surface area contributed by atoms with Crippen molar-refractivity contribution in [1.82, 2.24) is 9.55 Å². The molecule has 0 unspecified atom stereocenters. The zero-order valence-electron chi connectivity index (χ0n) is 5.14. The first-order valence-corrected chi connectivity index (χ1v) is 2.60. The molecule has 1 aromatic heterocycles. The summed E-state index contributed by atoms with van der Waals surface area (Å²) in [6, 6.07) is -4.24. The highest BCUT2D eigenvalue weighted by Gasteiger charge is 2.44. The van der Waals surface area contributed by atoms with Gasteiger partial charge in [0, 0.05) is 12.4 Å². The quantitative estimate of drug-likeness (QED) is 0.614. The van der Waals surface area contributed by atoms with E-state index in [9.17, 15) is 17.6 Å². The summed E-state index contributed by atoms with van der Waals surface area (Å²) in [6.45, 7) is 0. The van der Waals surface area contributed by atoms with Gasteiger partial charge in [-0.05, 0) is 0 Å². The van der Waals surface area contributed by atoms with E-state index in [0.717, 1.165) is 12.4 Å². The molecular formula is C5H3F4N2. The Hall–Kier alpha value is -1.07. The molecule has 0 aromatic carbocycles. The van der Waals surface area contributed by atoms with Crippen LogP contribution in [0.3, 0.4) is 0 Å². The summed E-state index contributed by atoms with van der Waals surface area (Å²) in [5.74, 6) is 0. The van der Waals surface area contributed by atoms with Gasteiger partial charge in [0.1, 0.15) is 0 Å². The van der Waals surface area contributed by atoms with Crippen molar-refractivity contribution in [1.29, 1.82) is 0 Å². The van der Waals surface area contributed by atoms with Crippen LogP contribution in [-0.2, 0) is 6.05 Å². The first-order valence-electron chi connectivity index (χ1n) is 2.60. The van der Waals surface area contributed by atoms with Gasteiger partial charge in [0.05, 0.1) is 6.33 Å². The molecule has 61 valence electrons. The van der Waals surface area contributed by atoms with Crippen LogP contribution in [0.25, 0.3) is 0 Å². The van der Waals surface area contributed by atoms with Gasteiger partial charge in [0.25, 0.3) is 0 Å². The molecule has 0 saturated carbocycles. The van der Waals surface area contributed by atoms with Crippen molar-refractivity contribution in [3.05, 3.63) is 25.1 Å². The maximum Gasteiger partial charge on any atom is 0.400 e. The number of hydrogen-bond acceptors (Lipinski definition) is 1. The smallest absolute Gasteiger partial charge is 0.272 e. The average molecular weight is 167 g/mol. The van der Waals surface area contributed by atoms with Crippen LogP contribution in [0.4, 0.5) is 17.6 Å². The number of alkyl halides is 2. The number of halogens is 4. The molecule has 0 bridgehead atoms. The fraction of sp³-hybridized carbons (Fsp3) is 0.200. The molecule has 11 heavy (non-hydrogen) atoms. The van der Waals surface area contributed by atoms with Crippen molar-refractivity contribution in [3.8, 4) is 0 Å². The summed E-state index contributed by atoms with van der Waals surface area (Å²) in [7, 11) is 0. The molecule has 1 rings (SSSR count). The lowest BCUT2D eigenvalue weighted by molar-refractivity contribution is -0.128. The molecule has 0 saturated heterocycles. The maximum absolute atomic E-state index is 12.2. The first-order chi connectivity index (χ1) is 5.05. The Morgan fingerprint density at radius 3 is 2.36 bits per heavy atom. The molecule has 0 aliphatic carbocycles. The second kappa shape index (κ2) is 2.52. The molecule has 0 aliphatic heterocycles. The highest BCUT2D eigenvalue weighted by atomic mass is 19.3. The lowest BCUT2D eigenvalue weighted by Gasteiger charge is -2.13. The summed E-state index contributed by atoms with van der Waals surface area (Å²) < 4.78 is 47.5. The minimum atomic E-state index is -4.24. The standard InChI is InChI=1S/C5H3F4N2/c6-4(7)5(8,9)11-2-1-10-3-11/h1-3H. The zero-order valence-corrected chi connectivity index (χ0v) is 5.14. The molecule has 1 radical (unpaired) electrons. The van der Waals surface area contributed by atoms with E-state index in [2.05, 4.69) is 4.98 Å². The van der Waals surface area contributed by atoms with Gasteiger partial charge in [0.2, 0.25) is 0 Å². The van der Waals surface area contributed by atoms with Crippen molar-refractivity contribution in [2.24, 2.45) is 0 Å². The van der Waals surface area contributed by atoms with Crippen molar-refractivity contribution < 1.29 is 17.6 Å². The minimum Gasteiger partial charge on any atom is -0.272 e. The number of aromatic nitrogens is 2. The molecule has 0 spiro atoms. The zero-order chi connectivity index (χ0) is 8.48. The second-order valence-corrected chi connectivity index (χ2v) is 1.77. The SMILES string of the molecule is F[C](F)C(F)(F)n1ccnc1. The van der Waals surface area contributed by atoms with Crippen molar-refractivity contribution >= 4 is 0 Å². The third-order valence-electron chi connectivity index (χ3n) is 1.06. The maximum atomic E-state index is 12.2. The number of nitrogens with zero attached hydrogens (tertiary/aromatic N) is 2. The Labute approximate surface area is 59.5 Å². The first kappa shape index (κ1) is 8.03. The van der Waals surface area contributed by atoms with Crippen molar-refractivity contribution in [2.75, 3.05) is 0 Å². The largest absolute Gasteiger partial charge is 0.400 e. The van der Waals surface area contributed by atoms with Gasteiger partial charge in [-0.25, -0.2) is 4.98 Å². The Morgan fingerprint density at radius 1 is 1.36 bits per heavy atom. The van der Waals surface area contributed by atoms with E-state index in [1.165, 1.54) is 0 Å². The van der Waals surface area contributed by atoms with Crippen LogP contribution in [0.15, 0.2) is 18.7 Å². The summed E-state index contributed by atoms with van der Waals surface area (Å²) in [4.78, 5) is 3.21. The number of imidazole rings is 1. The molecule has 1 heterocycles. The predicted octanol–water partition coefficient (Wildman–Crippen LogP) is 1.86. The highest BCUT2D eigenvalue weighted by Crippen LogP contribution is 2.33. The van der Waals surface area contributed by atoms with E-state index in [1.54, 1.807) is 0 Å². The van der Waals surface area contributed by atoms with Gasteiger partial charge in [-0.2, -0.15) is 17.6 Å². The van der Waals surface area contributed by atoms with Gasteiger partial charge in [-0.3, -0.25) is 4.57 Å². The molecular weight excluding hydrogens is 164 g/mol. The van der Waals surface area contributed by atoms with Crippen LogP contribution < -0.4 is 0 Å². The molecule has 1 aromatic rings. The lowest BCUT2D eigenvalue weighted by atomic mass is 10.5. The average Bonchev–Trinajstić information content (AvgIpc) is 2.37. The Balaban J connectivity index is 2.90. The Morgan fingerprint density at radius 2 is 2.00 bits per heavy atom. The van der Waals surface area contributed by atoms with Gasteiger partial charge >= 0.3 is 12.5 Å². The normalized spacial score (nSPS) is 12.5.